The summed E-state index contributed by atoms with van der Waals surface area (Å²) < 4.78 is 0. The van der Waals surface area contributed by atoms with Gasteiger partial charge in [0, 0.05) is 0 Å². The SMILES string of the molecule is CCC(=C(C)C1CC1C)C(C)C1CC12CC2(C)C(C)C(C)CC. The molecule has 0 heterocycles. The van der Waals surface area contributed by atoms with Crippen LogP contribution in [0.4, 0.5) is 0 Å². The lowest BCUT2D eigenvalue weighted by Gasteiger charge is -2.27. The van der Waals surface area contributed by atoms with Gasteiger partial charge in [-0.1, -0.05) is 66.0 Å². The summed E-state index contributed by atoms with van der Waals surface area (Å²) >= 11 is 0. The summed E-state index contributed by atoms with van der Waals surface area (Å²) in [6.07, 6.45) is 7.09. The fraction of sp³-hybridized carbons (Fsp3) is 0.913. The molecule has 3 saturated carbocycles. The fourth-order valence-electron chi connectivity index (χ4n) is 6.42. The third-order valence-corrected chi connectivity index (χ3v) is 9.04. The quantitative estimate of drug-likeness (QED) is 0.439. The summed E-state index contributed by atoms with van der Waals surface area (Å²) in [4.78, 5) is 0. The Morgan fingerprint density at radius 2 is 1.78 bits per heavy atom. The predicted molar refractivity (Wildman–Crippen MR) is 101 cm³/mol. The molecule has 3 rings (SSSR count). The minimum absolute atomic E-state index is 0.640. The predicted octanol–water partition coefficient (Wildman–Crippen LogP) is 7.10. The zero-order valence-corrected chi connectivity index (χ0v) is 17.0. The summed E-state index contributed by atoms with van der Waals surface area (Å²) in [6, 6.07) is 0. The van der Waals surface area contributed by atoms with Crippen LogP contribution in [0.1, 0.15) is 87.5 Å². The first-order valence-electron chi connectivity index (χ1n) is 10.4. The maximum atomic E-state index is 2.61. The first kappa shape index (κ1) is 17.6. The summed E-state index contributed by atoms with van der Waals surface area (Å²) in [7, 11) is 0. The molecule has 0 saturated heterocycles. The highest BCUT2D eigenvalue weighted by Gasteiger charge is 2.79. The standard InChI is InChI=1S/C23H40/c1-9-14(3)18(7)22(8)13-23(22)12-21(23)17(6)19(10-2)16(5)20-11-15(20)4/h14-15,17-18,20-21H,9-13H2,1-8H3. The number of hydrogen-bond donors (Lipinski definition) is 0. The molecular formula is C23H40. The lowest BCUT2D eigenvalue weighted by molar-refractivity contribution is 0.220. The van der Waals surface area contributed by atoms with Gasteiger partial charge >= 0.3 is 0 Å². The molecule has 0 aromatic rings. The molecule has 8 atom stereocenters. The zero-order valence-electron chi connectivity index (χ0n) is 17.0. The van der Waals surface area contributed by atoms with Crippen molar-refractivity contribution in [3.63, 3.8) is 0 Å². The summed E-state index contributed by atoms with van der Waals surface area (Å²) in [6.45, 7) is 19.8. The number of allylic oxidation sites excluding steroid dienone is 2. The second-order valence-corrected chi connectivity index (χ2v) is 9.91. The minimum Gasteiger partial charge on any atom is -0.0705 e. The Bertz CT molecular complexity index is 500. The van der Waals surface area contributed by atoms with Crippen LogP contribution in [0.2, 0.25) is 0 Å². The Morgan fingerprint density at radius 1 is 1.17 bits per heavy atom. The van der Waals surface area contributed by atoms with Crippen LogP contribution in [0.3, 0.4) is 0 Å². The Kier molecular flexibility index (Phi) is 4.30. The molecule has 132 valence electrons. The van der Waals surface area contributed by atoms with Crippen molar-refractivity contribution in [3.8, 4) is 0 Å². The average Bonchev–Trinajstić information content (AvgIpc) is 3.44. The molecule has 0 amide bonds. The van der Waals surface area contributed by atoms with Gasteiger partial charge in [0.1, 0.15) is 0 Å². The Balaban J connectivity index is 1.71. The van der Waals surface area contributed by atoms with Gasteiger partial charge in [0.05, 0.1) is 0 Å². The van der Waals surface area contributed by atoms with E-state index in [1.807, 2.05) is 5.57 Å². The van der Waals surface area contributed by atoms with Gasteiger partial charge < -0.3 is 0 Å². The van der Waals surface area contributed by atoms with Crippen LogP contribution in [0.25, 0.3) is 0 Å². The van der Waals surface area contributed by atoms with E-state index in [1.165, 1.54) is 32.1 Å². The van der Waals surface area contributed by atoms with Crippen LogP contribution in [-0.4, -0.2) is 0 Å². The van der Waals surface area contributed by atoms with E-state index in [-0.39, 0.29) is 0 Å². The van der Waals surface area contributed by atoms with Gasteiger partial charge in [-0.2, -0.15) is 0 Å². The zero-order chi connectivity index (χ0) is 17.2. The van der Waals surface area contributed by atoms with E-state index in [0.29, 0.717) is 5.41 Å². The highest BCUT2D eigenvalue weighted by atomic mass is 14.8. The summed E-state index contributed by atoms with van der Waals surface area (Å²) in [5.74, 6) is 5.46. The van der Waals surface area contributed by atoms with Crippen LogP contribution in [-0.2, 0) is 0 Å². The Labute approximate surface area is 145 Å². The van der Waals surface area contributed by atoms with Gasteiger partial charge in [0.25, 0.3) is 0 Å². The van der Waals surface area contributed by atoms with Crippen molar-refractivity contribution >= 4 is 0 Å². The molecule has 0 aliphatic heterocycles. The summed E-state index contributed by atoms with van der Waals surface area (Å²) in [5, 5.41) is 0. The molecule has 3 aliphatic carbocycles. The van der Waals surface area contributed by atoms with Crippen molar-refractivity contribution in [2.75, 3.05) is 0 Å². The van der Waals surface area contributed by atoms with E-state index in [4.69, 9.17) is 0 Å². The van der Waals surface area contributed by atoms with Crippen LogP contribution < -0.4 is 0 Å². The molecule has 0 nitrogen and oxygen atoms in total. The van der Waals surface area contributed by atoms with Crippen LogP contribution >= 0.6 is 0 Å². The molecule has 1 spiro atoms. The lowest BCUT2D eigenvalue weighted by atomic mass is 9.77. The lowest BCUT2D eigenvalue weighted by Crippen LogP contribution is -2.20. The second-order valence-electron chi connectivity index (χ2n) is 9.91. The molecule has 23 heavy (non-hydrogen) atoms. The molecule has 0 N–H and O–H groups in total. The van der Waals surface area contributed by atoms with E-state index in [1.54, 1.807) is 5.57 Å². The number of hydrogen-bond acceptors (Lipinski definition) is 0. The maximum Gasteiger partial charge on any atom is -0.0175 e. The molecule has 3 fully saturated rings. The third-order valence-electron chi connectivity index (χ3n) is 9.04. The molecule has 0 aromatic heterocycles. The first-order valence-corrected chi connectivity index (χ1v) is 10.4. The molecule has 0 aromatic carbocycles. The average molecular weight is 317 g/mol. The normalized spacial score (nSPS) is 46.2. The molecule has 8 unspecified atom stereocenters. The van der Waals surface area contributed by atoms with Crippen molar-refractivity contribution in [1.82, 2.24) is 0 Å². The highest BCUT2D eigenvalue weighted by Crippen LogP contribution is 2.86. The van der Waals surface area contributed by atoms with Gasteiger partial charge in [-0.25, -0.2) is 0 Å². The smallest absolute Gasteiger partial charge is 0.0175 e. The van der Waals surface area contributed by atoms with Crippen LogP contribution in [0, 0.1) is 46.3 Å². The molecule has 0 radical (unpaired) electrons. The van der Waals surface area contributed by atoms with Crippen LogP contribution in [0.5, 0.6) is 0 Å². The Morgan fingerprint density at radius 3 is 2.26 bits per heavy atom. The molecule has 0 heteroatoms. The highest BCUT2D eigenvalue weighted by molar-refractivity contribution is 5.32. The van der Waals surface area contributed by atoms with Gasteiger partial charge in [-0.15, -0.1) is 0 Å². The second kappa shape index (κ2) is 5.63. The fourth-order valence-corrected chi connectivity index (χ4v) is 6.42. The monoisotopic (exact) mass is 316 g/mol. The van der Waals surface area contributed by atoms with Gasteiger partial charge in [0.15, 0.2) is 0 Å². The van der Waals surface area contributed by atoms with E-state index in [0.717, 1.165) is 40.9 Å². The maximum absolute atomic E-state index is 2.61. The van der Waals surface area contributed by atoms with Gasteiger partial charge in [-0.3, -0.25) is 0 Å². The minimum atomic E-state index is 0.640. The number of rotatable bonds is 7. The molecule has 3 aliphatic rings. The van der Waals surface area contributed by atoms with Crippen LogP contribution in [0.15, 0.2) is 11.1 Å². The van der Waals surface area contributed by atoms with Crippen molar-refractivity contribution in [2.24, 2.45) is 46.3 Å². The van der Waals surface area contributed by atoms with Gasteiger partial charge in [0.2, 0.25) is 0 Å². The molecule has 0 bridgehead atoms. The Hall–Kier alpha value is -0.260. The van der Waals surface area contributed by atoms with E-state index < -0.39 is 0 Å². The summed E-state index contributed by atoms with van der Waals surface area (Å²) in [5.41, 5.74) is 4.96. The first-order chi connectivity index (χ1) is 10.7. The third kappa shape index (κ3) is 2.54. The van der Waals surface area contributed by atoms with E-state index in [2.05, 4.69) is 55.4 Å². The topological polar surface area (TPSA) is 0 Å². The molecular weight excluding hydrogens is 276 g/mol. The van der Waals surface area contributed by atoms with Crippen molar-refractivity contribution < 1.29 is 0 Å². The van der Waals surface area contributed by atoms with Crippen molar-refractivity contribution in [3.05, 3.63) is 11.1 Å². The van der Waals surface area contributed by atoms with E-state index in [9.17, 15) is 0 Å². The van der Waals surface area contributed by atoms with Crippen molar-refractivity contribution in [2.45, 2.75) is 87.5 Å². The van der Waals surface area contributed by atoms with Crippen molar-refractivity contribution in [1.29, 1.82) is 0 Å². The van der Waals surface area contributed by atoms with Gasteiger partial charge in [-0.05, 0) is 78.9 Å². The van der Waals surface area contributed by atoms with E-state index >= 15 is 0 Å². The largest absolute Gasteiger partial charge is 0.0705 e.